The van der Waals surface area contributed by atoms with Gasteiger partial charge in [-0.2, -0.15) is 0 Å². The van der Waals surface area contributed by atoms with Crippen LogP contribution in [0.15, 0.2) is 24.3 Å². The van der Waals surface area contributed by atoms with Crippen molar-refractivity contribution in [3.05, 3.63) is 29.8 Å². The number of benzene rings is 1. The third kappa shape index (κ3) is 5.13. The van der Waals surface area contributed by atoms with Crippen LogP contribution in [-0.4, -0.2) is 37.4 Å². The highest BCUT2D eigenvalue weighted by Gasteiger charge is 2.36. The van der Waals surface area contributed by atoms with E-state index in [-0.39, 0.29) is 18.2 Å². The van der Waals surface area contributed by atoms with Crippen molar-refractivity contribution in [2.24, 2.45) is 5.92 Å². The van der Waals surface area contributed by atoms with E-state index in [1.165, 1.54) is 18.4 Å². The molecule has 0 aromatic heterocycles. The summed E-state index contributed by atoms with van der Waals surface area (Å²) in [5.74, 6) is 1.55. The molecule has 1 heterocycles. The van der Waals surface area contributed by atoms with E-state index in [0.29, 0.717) is 12.6 Å². The fraction of sp³-hybridized carbons (Fsp3) is 0.632. The van der Waals surface area contributed by atoms with E-state index < -0.39 is 0 Å². The van der Waals surface area contributed by atoms with Crippen molar-refractivity contribution in [1.82, 2.24) is 10.6 Å². The first-order valence-corrected chi connectivity index (χ1v) is 8.99. The number of amides is 2. The maximum absolute atomic E-state index is 12.1. The summed E-state index contributed by atoms with van der Waals surface area (Å²) < 4.78 is 11.6. The molecule has 24 heavy (non-hydrogen) atoms. The zero-order valence-electron chi connectivity index (χ0n) is 14.6. The summed E-state index contributed by atoms with van der Waals surface area (Å²) in [6.07, 6.45) is 4.65. The third-order valence-electron chi connectivity index (χ3n) is 4.71. The van der Waals surface area contributed by atoms with Crippen LogP contribution >= 0.6 is 0 Å². The van der Waals surface area contributed by atoms with Crippen LogP contribution in [0, 0.1) is 12.8 Å². The molecule has 5 nitrogen and oxygen atoms in total. The molecule has 1 aromatic carbocycles. The van der Waals surface area contributed by atoms with Gasteiger partial charge in [-0.15, -0.1) is 0 Å². The second-order valence-corrected chi connectivity index (χ2v) is 7.06. The van der Waals surface area contributed by atoms with Gasteiger partial charge in [0.05, 0.1) is 12.6 Å². The van der Waals surface area contributed by atoms with Gasteiger partial charge in [0, 0.05) is 12.6 Å². The molecule has 3 atom stereocenters. The van der Waals surface area contributed by atoms with E-state index in [1.807, 2.05) is 38.1 Å². The largest absolute Gasteiger partial charge is 0.489 e. The highest BCUT2D eigenvalue weighted by Crippen LogP contribution is 2.38. The fourth-order valence-corrected chi connectivity index (χ4v) is 3.12. The van der Waals surface area contributed by atoms with Crippen molar-refractivity contribution < 1.29 is 14.3 Å². The van der Waals surface area contributed by atoms with Crippen LogP contribution in [-0.2, 0) is 4.74 Å². The Morgan fingerprint density at radius 3 is 2.75 bits per heavy atom. The molecule has 1 aliphatic heterocycles. The lowest BCUT2D eigenvalue weighted by atomic mass is 10.0. The smallest absolute Gasteiger partial charge is 0.315 e. The molecule has 5 heteroatoms. The maximum Gasteiger partial charge on any atom is 0.315 e. The van der Waals surface area contributed by atoms with Crippen molar-refractivity contribution in [2.45, 2.75) is 57.8 Å². The molecule has 3 rings (SSSR count). The number of nitrogens with one attached hydrogen (secondary N) is 2. The minimum Gasteiger partial charge on any atom is -0.489 e. The standard InChI is InChI=1S/C19H28N2O3/c1-13-3-7-17(8-4-13)24-14(2)12-20-19(22)21-16-9-10-23-18(11-16)15-5-6-15/h3-4,7-8,14-16,18H,5-6,9-12H2,1-2H3,(H2,20,21,22)/t14-,16-,18-/m1/s1. The maximum atomic E-state index is 12.1. The summed E-state index contributed by atoms with van der Waals surface area (Å²) in [6, 6.07) is 8.04. The Kier molecular flexibility index (Phi) is 5.61. The lowest BCUT2D eigenvalue weighted by Gasteiger charge is -2.30. The van der Waals surface area contributed by atoms with E-state index in [0.717, 1.165) is 31.1 Å². The molecule has 0 radical (unpaired) electrons. The molecule has 2 fully saturated rings. The minimum absolute atomic E-state index is 0.0765. The van der Waals surface area contributed by atoms with E-state index in [9.17, 15) is 4.79 Å². The SMILES string of the molecule is Cc1ccc(O[C@H](C)CNC(=O)N[C@@H]2CCO[C@@H](C3CC3)C2)cc1. The molecule has 1 aromatic rings. The zero-order chi connectivity index (χ0) is 16.9. The first-order valence-electron chi connectivity index (χ1n) is 8.99. The Balaban J connectivity index is 1.36. The summed E-state index contributed by atoms with van der Waals surface area (Å²) in [4.78, 5) is 12.1. The molecule has 1 saturated carbocycles. The van der Waals surface area contributed by atoms with Gasteiger partial charge in [0.2, 0.25) is 0 Å². The first kappa shape index (κ1) is 17.1. The number of hydrogen-bond donors (Lipinski definition) is 2. The topological polar surface area (TPSA) is 59.6 Å². The molecule has 2 amide bonds. The second kappa shape index (κ2) is 7.88. The lowest BCUT2D eigenvalue weighted by molar-refractivity contribution is -0.00917. The molecule has 1 saturated heterocycles. The van der Waals surface area contributed by atoms with Crippen molar-refractivity contribution in [3.63, 3.8) is 0 Å². The molecular formula is C19H28N2O3. The highest BCUT2D eigenvalue weighted by molar-refractivity contribution is 5.74. The Bertz CT molecular complexity index is 542. The number of carbonyl (C=O) groups is 1. The number of aryl methyl sites for hydroxylation is 1. The van der Waals surface area contributed by atoms with Gasteiger partial charge in [-0.1, -0.05) is 17.7 Å². The van der Waals surface area contributed by atoms with Crippen LogP contribution in [0.4, 0.5) is 4.79 Å². The molecule has 132 valence electrons. The molecule has 0 spiro atoms. The van der Waals surface area contributed by atoms with Gasteiger partial charge in [-0.25, -0.2) is 4.79 Å². The van der Waals surface area contributed by atoms with Crippen LogP contribution in [0.2, 0.25) is 0 Å². The van der Waals surface area contributed by atoms with E-state index >= 15 is 0 Å². The number of rotatable bonds is 6. The average molecular weight is 332 g/mol. The molecule has 1 aliphatic carbocycles. The van der Waals surface area contributed by atoms with E-state index in [4.69, 9.17) is 9.47 Å². The molecule has 0 unspecified atom stereocenters. The van der Waals surface area contributed by atoms with Gasteiger partial charge in [-0.05, 0) is 57.6 Å². The average Bonchev–Trinajstić information content (AvgIpc) is 3.40. The lowest BCUT2D eigenvalue weighted by Crippen LogP contribution is -2.48. The Morgan fingerprint density at radius 1 is 1.29 bits per heavy atom. The third-order valence-corrected chi connectivity index (χ3v) is 4.71. The van der Waals surface area contributed by atoms with E-state index in [2.05, 4.69) is 10.6 Å². The van der Waals surface area contributed by atoms with Gasteiger partial charge in [0.15, 0.2) is 0 Å². The van der Waals surface area contributed by atoms with Gasteiger partial charge < -0.3 is 20.1 Å². The number of hydrogen-bond acceptors (Lipinski definition) is 3. The predicted molar refractivity (Wildman–Crippen MR) is 93.3 cm³/mol. The van der Waals surface area contributed by atoms with Crippen LogP contribution in [0.1, 0.15) is 38.2 Å². The Hall–Kier alpha value is -1.75. The summed E-state index contributed by atoms with van der Waals surface area (Å²) in [5, 5.41) is 5.98. The van der Waals surface area contributed by atoms with Crippen molar-refractivity contribution in [2.75, 3.05) is 13.2 Å². The first-order chi connectivity index (χ1) is 11.6. The predicted octanol–water partition coefficient (Wildman–Crippen LogP) is 3.02. The van der Waals surface area contributed by atoms with Crippen LogP contribution in [0.5, 0.6) is 5.75 Å². The van der Waals surface area contributed by atoms with Crippen LogP contribution in [0.25, 0.3) is 0 Å². The van der Waals surface area contributed by atoms with E-state index in [1.54, 1.807) is 0 Å². The zero-order valence-corrected chi connectivity index (χ0v) is 14.6. The highest BCUT2D eigenvalue weighted by atomic mass is 16.5. The van der Waals surface area contributed by atoms with Gasteiger partial charge in [0.1, 0.15) is 11.9 Å². The normalized spacial score (nSPS) is 24.9. The Labute approximate surface area is 144 Å². The van der Waals surface area contributed by atoms with Gasteiger partial charge >= 0.3 is 6.03 Å². The van der Waals surface area contributed by atoms with Crippen molar-refractivity contribution in [1.29, 1.82) is 0 Å². The van der Waals surface area contributed by atoms with Gasteiger partial charge in [-0.3, -0.25) is 0 Å². The van der Waals surface area contributed by atoms with Crippen LogP contribution < -0.4 is 15.4 Å². The number of urea groups is 1. The summed E-state index contributed by atoms with van der Waals surface area (Å²) in [7, 11) is 0. The summed E-state index contributed by atoms with van der Waals surface area (Å²) in [5.41, 5.74) is 1.20. The summed E-state index contributed by atoms with van der Waals surface area (Å²) >= 11 is 0. The van der Waals surface area contributed by atoms with Gasteiger partial charge in [0.25, 0.3) is 0 Å². The van der Waals surface area contributed by atoms with Crippen molar-refractivity contribution in [3.8, 4) is 5.75 Å². The molecular weight excluding hydrogens is 304 g/mol. The minimum atomic E-state index is -0.115. The summed E-state index contributed by atoms with van der Waals surface area (Å²) in [6.45, 7) is 5.23. The quantitative estimate of drug-likeness (QED) is 0.842. The van der Waals surface area contributed by atoms with Crippen molar-refractivity contribution >= 4 is 6.03 Å². The number of ether oxygens (including phenoxy) is 2. The van der Waals surface area contributed by atoms with Crippen LogP contribution in [0.3, 0.4) is 0 Å². The Morgan fingerprint density at radius 2 is 2.04 bits per heavy atom. The monoisotopic (exact) mass is 332 g/mol. The fourth-order valence-electron chi connectivity index (χ4n) is 3.12. The second-order valence-electron chi connectivity index (χ2n) is 7.06. The molecule has 2 aliphatic rings. The molecule has 0 bridgehead atoms. The number of carbonyl (C=O) groups excluding carboxylic acids is 1. The molecule has 2 N–H and O–H groups in total.